The molecule has 1 heterocycles. The van der Waals surface area contributed by atoms with Gasteiger partial charge in [0.25, 0.3) is 5.91 Å². The maximum Gasteiger partial charge on any atom is 0.329 e. The maximum absolute atomic E-state index is 14.0. The van der Waals surface area contributed by atoms with Crippen LogP contribution in [0.25, 0.3) is 6.08 Å². The van der Waals surface area contributed by atoms with Crippen LogP contribution in [0.2, 0.25) is 10.0 Å². The molecule has 3 amide bonds. The standard InChI is InChI=1S/C25H19Cl2FN2O4/c1-33-22-12-15(10-19(27)23(22)34-14-17-7-2-4-8-18(17)26)11-21-24(31)30(25(32)29-21)13-16-6-3-5-9-20(16)28/h2-12H,13-14H2,1H3,(H,29,32)/b21-11+. The van der Waals surface area contributed by atoms with Crippen LogP contribution >= 0.6 is 23.2 Å². The first kappa shape index (κ1) is 23.6. The number of hydrogen-bond donors (Lipinski definition) is 1. The van der Waals surface area contributed by atoms with Crippen molar-refractivity contribution < 1.29 is 23.5 Å². The topological polar surface area (TPSA) is 67.9 Å². The average molecular weight is 501 g/mol. The molecule has 6 nitrogen and oxygen atoms in total. The number of imide groups is 1. The molecule has 9 heteroatoms. The first-order chi connectivity index (χ1) is 16.4. The highest BCUT2D eigenvalue weighted by Gasteiger charge is 2.34. The Balaban J connectivity index is 1.55. The maximum atomic E-state index is 14.0. The Morgan fingerprint density at radius 1 is 1.00 bits per heavy atom. The number of ether oxygens (including phenoxy) is 2. The smallest absolute Gasteiger partial charge is 0.329 e. The molecule has 1 aliphatic rings. The van der Waals surface area contributed by atoms with Crippen molar-refractivity contribution in [3.63, 3.8) is 0 Å². The lowest BCUT2D eigenvalue weighted by Gasteiger charge is -2.14. The van der Waals surface area contributed by atoms with Crippen LogP contribution in [0.4, 0.5) is 9.18 Å². The summed E-state index contributed by atoms with van der Waals surface area (Å²) in [7, 11) is 1.46. The molecule has 1 aliphatic heterocycles. The monoisotopic (exact) mass is 500 g/mol. The quantitative estimate of drug-likeness (QED) is 0.328. The Hall–Kier alpha value is -3.55. The van der Waals surface area contributed by atoms with Gasteiger partial charge in [0.05, 0.1) is 18.7 Å². The minimum Gasteiger partial charge on any atom is -0.493 e. The highest BCUT2D eigenvalue weighted by atomic mass is 35.5. The zero-order valence-electron chi connectivity index (χ0n) is 18.0. The van der Waals surface area contributed by atoms with Gasteiger partial charge in [-0.1, -0.05) is 59.6 Å². The second-order valence-electron chi connectivity index (χ2n) is 7.39. The summed E-state index contributed by atoms with van der Waals surface area (Å²) in [6, 6.07) is 15.8. The van der Waals surface area contributed by atoms with Crippen LogP contribution < -0.4 is 14.8 Å². The van der Waals surface area contributed by atoms with Crippen LogP contribution in [0.15, 0.2) is 66.4 Å². The summed E-state index contributed by atoms with van der Waals surface area (Å²) in [4.78, 5) is 26.1. The van der Waals surface area contributed by atoms with E-state index in [2.05, 4.69) is 5.32 Å². The Morgan fingerprint density at radius 2 is 1.71 bits per heavy atom. The summed E-state index contributed by atoms with van der Waals surface area (Å²) < 4.78 is 25.2. The fourth-order valence-electron chi connectivity index (χ4n) is 3.41. The number of urea groups is 1. The van der Waals surface area contributed by atoms with Crippen molar-refractivity contribution in [1.29, 1.82) is 0 Å². The van der Waals surface area contributed by atoms with Crippen LogP contribution in [0, 0.1) is 5.82 Å². The molecule has 0 aromatic heterocycles. The van der Waals surface area contributed by atoms with E-state index in [0.717, 1.165) is 10.5 Å². The van der Waals surface area contributed by atoms with Crippen molar-refractivity contribution in [3.8, 4) is 11.5 Å². The molecular formula is C25H19Cl2FN2O4. The Labute approximate surface area is 205 Å². The molecule has 0 saturated carbocycles. The molecule has 0 atom stereocenters. The Kier molecular flexibility index (Phi) is 7.05. The molecule has 1 N–H and O–H groups in total. The number of nitrogens with one attached hydrogen (secondary N) is 1. The van der Waals surface area contributed by atoms with E-state index >= 15 is 0 Å². The number of carbonyl (C=O) groups excluding carboxylic acids is 2. The molecule has 1 saturated heterocycles. The third-order valence-electron chi connectivity index (χ3n) is 5.14. The Morgan fingerprint density at radius 3 is 2.41 bits per heavy atom. The van der Waals surface area contributed by atoms with Gasteiger partial charge in [-0.25, -0.2) is 9.18 Å². The number of nitrogens with zero attached hydrogens (tertiary/aromatic N) is 1. The summed E-state index contributed by atoms with van der Waals surface area (Å²) >= 11 is 12.6. The van der Waals surface area contributed by atoms with E-state index < -0.39 is 17.8 Å². The van der Waals surface area contributed by atoms with Gasteiger partial charge in [0.2, 0.25) is 0 Å². The molecule has 0 bridgehead atoms. The zero-order chi connectivity index (χ0) is 24.2. The van der Waals surface area contributed by atoms with Crippen LogP contribution in [0.5, 0.6) is 11.5 Å². The normalized spacial score (nSPS) is 14.5. The molecule has 1 fully saturated rings. The van der Waals surface area contributed by atoms with E-state index in [1.807, 2.05) is 18.2 Å². The van der Waals surface area contributed by atoms with Gasteiger partial charge in [0, 0.05) is 16.1 Å². The SMILES string of the molecule is COc1cc(/C=C2/NC(=O)N(Cc3ccccc3F)C2=O)cc(Cl)c1OCc1ccccc1Cl. The van der Waals surface area contributed by atoms with Gasteiger partial charge in [-0.3, -0.25) is 9.69 Å². The molecule has 0 spiro atoms. The van der Waals surface area contributed by atoms with E-state index in [0.29, 0.717) is 22.1 Å². The number of halogens is 3. The number of carbonyl (C=O) groups is 2. The largest absolute Gasteiger partial charge is 0.493 e. The second-order valence-corrected chi connectivity index (χ2v) is 8.20. The van der Waals surface area contributed by atoms with Crippen LogP contribution in [0.1, 0.15) is 16.7 Å². The predicted octanol–water partition coefficient (Wildman–Crippen LogP) is 5.81. The fraction of sp³-hybridized carbons (Fsp3) is 0.120. The average Bonchev–Trinajstić information content (AvgIpc) is 3.07. The van der Waals surface area contributed by atoms with Gasteiger partial charge in [-0.15, -0.1) is 0 Å². The van der Waals surface area contributed by atoms with Crippen molar-refractivity contribution in [2.45, 2.75) is 13.2 Å². The number of hydrogen-bond acceptors (Lipinski definition) is 4. The highest BCUT2D eigenvalue weighted by molar-refractivity contribution is 6.32. The molecule has 0 radical (unpaired) electrons. The first-order valence-corrected chi connectivity index (χ1v) is 10.9. The van der Waals surface area contributed by atoms with E-state index in [1.165, 1.54) is 31.4 Å². The molecule has 0 aliphatic carbocycles. The zero-order valence-corrected chi connectivity index (χ0v) is 19.5. The minimum absolute atomic E-state index is 0.0317. The van der Waals surface area contributed by atoms with Crippen molar-refractivity contribution in [2.24, 2.45) is 0 Å². The third kappa shape index (κ3) is 5.00. The third-order valence-corrected chi connectivity index (χ3v) is 5.79. The minimum atomic E-state index is -0.641. The number of amides is 3. The van der Waals surface area contributed by atoms with Crippen LogP contribution in [-0.2, 0) is 17.9 Å². The number of rotatable bonds is 7. The van der Waals surface area contributed by atoms with E-state index in [4.69, 9.17) is 32.7 Å². The molecule has 4 rings (SSSR count). The molecular weight excluding hydrogens is 482 g/mol. The van der Waals surface area contributed by atoms with Gasteiger partial charge in [-0.2, -0.15) is 0 Å². The summed E-state index contributed by atoms with van der Waals surface area (Å²) in [5.74, 6) is -0.424. The lowest BCUT2D eigenvalue weighted by Crippen LogP contribution is -2.30. The summed E-state index contributed by atoms with van der Waals surface area (Å²) in [6.45, 7) is -0.0106. The number of methoxy groups -OCH3 is 1. The van der Waals surface area contributed by atoms with Gasteiger partial charge >= 0.3 is 6.03 Å². The van der Waals surface area contributed by atoms with Gasteiger partial charge in [-0.05, 0) is 35.9 Å². The Bertz CT molecular complexity index is 1300. The molecule has 174 valence electrons. The van der Waals surface area contributed by atoms with Crippen molar-refractivity contribution in [3.05, 3.63) is 98.9 Å². The summed E-state index contributed by atoms with van der Waals surface area (Å²) in [6.07, 6.45) is 1.47. The highest BCUT2D eigenvalue weighted by Crippen LogP contribution is 2.38. The van der Waals surface area contributed by atoms with E-state index in [9.17, 15) is 14.0 Å². The van der Waals surface area contributed by atoms with Crippen molar-refractivity contribution >= 4 is 41.2 Å². The van der Waals surface area contributed by atoms with E-state index in [1.54, 1.807) is 24.3 Å². The van der Waals surface area contributed by atoms with Crippen molar-refractivity contribution in [1.82, 2.24) is 10.2 Å². The summed E-state index contributed by atoms with van der Waals surface area (Å²) in [5, 5.41) is 3.33. The fourth-order valence-corrected chi connectivity index (χ4v) is 3.87. The second kappa shape index (κ2) is 10.2. The lowest BCUT2D eigenvalue weighted by molar-refractivity contribution is -0.123. The first-order valence-electron chi connectivity index (χ1n) is 10.2. The van der Waals surface area contributed by atoms with Gasteiger partial charge in [0.1, 0.15) is 18.1 Å². The van der Waals surface area contributed by atoms with E-state index in [-0.39, 0.29) is 29.4 Å². The molecule has 0 unspecified atom stereocenters. The predicted molar refractivity (Wildman–Crippen MR) is 127 cm³/mol. The lowest BCUT2D eigenvalue weighted by atomic mass is 10.1. The van der Waals surface area contributed by atoms with Crippen LogP contribution in [0.3, 0.4) is 0 Å². The van der Waals surface area contributed by atoms with Gasteiger partial charge < -0.3 is 14.8 Å². The van der Waals surface area contributed by atoms with Crippen LogP contribution in [-0.4, -0.2) is 23.9 Å². The van der Waals surface area contributed by atoms with Gasteiger partial charge in [0.15, 0.2) is 11.5 Å². The summed E-state index contributed by atoms with van der Waals surface area (Å²) in [5.41, 5.74) is 1.55. The number of benzene rings is 3. The van der Waals surface area contributed by atoms with Crippen molar-refractivity contribution in [2.75, 3.05) is 7.11 Å². The molecule has 3 aromatic rings. The molecule has 3 aromatic carbocycles. The molecule has 34 heavy (non-hydrogen) atoms.